The summed E-state index contributed by atoms with van der Waals surface area (Å²) >= 11 is 0. The first-order chi connectivity index (χ1) is 42.0. The summed E-state index contributed by atoms with van der Waals surface area (Å²) in [6.07, 6.45) is 95.8. The van der Waals surface area contributed by atoms with Crippen molar-refractivity contribution in [2.45, 2.75) is 456 Å². The first-order valence-electron chi connectivity index (χ1n) is 39.1. The fourth-order valence-electron chi connectivity index (χ4n) is 12.5. The van der Waals surface area contributed by atoms with Gasteiger partial charge in [-0.3, -0.25) is 9.59 Å². The molecule has 0 radical (unpaired) electrons. The van der Waals surface area contributed by atoms with Crippen LogP contribution in [0.3, 0.4) is 0 Å². The molecule has 0 aliphatic carbocycles. The van der Waals surface area contributed by atoms with Crippen molar-refractivity contribution in [1.29, 1.82) is 0 Å². The van der Waals surface area contributed by atoms with E-state index in [1.54, 1.807) is 6.08 Å². The molecule has 0 saturated carbocycles. The molecule has 0 fully saturated rings. The van der Waals surface area contributed by atoms with E-state index in [2.05, 4.69) is 31.3 Å². The predicted molar refractivity (Wildman–Crippen MR) is 375 cm³/mol. The van der Waals surface area contributed by atoms with Crippen LogP contribution in [0.25, 0.3) is 0 Å². The average Bonchev–Trinajstić information content (AvgIpc) is 3.51. The Hall–Kier alpha value is -1.66. The van der Waals surface area contributed by atoms with Gasteiger partial charge in [0.05, 0.1) is 25.4 Å². The molecule has 6 heteroatoms. The van der Waals surface area contributed by atoms with E-state index in [4.69, 9.17) is 4.74 Å². The van der Waals surface area contributed by atoms with Crippen molar-refractivity contribution in [2.24, 2.45) is 0 Å². The molecule has 0 saturated heterocycles. The van der Waals surface area contributed by atoms with Crippen molar-refractivity contribution in [2.75, 3.05) is 13.2 Å². The number of rotatable bonds is 74. The molecule has 85 heavy (non-hydrogen) atoms. The van der Waals surface area contributed by atoms with Gasteiger partial charge in [-0.05, 0) is 57.8 Å². The van der Waals surface area contributed by atoms with Crippen LogP contribution in [0.15, 0.2) is 24.3 Å². The van der Waals surface area contributed by atoms with Gasteiger partial charge in [0.15, 0.2) is 0 Å². The zero-order valence-corrected chi connectivity index (χ0v) is 57.9. The number of hydrogen-bond donors (Lipinski definition) is 3. The summed E-state index contributed by atoms with van der Waals surface area (Å²) in [7, 11) is 0. The van der Waals surface area contributed by atoms with E-state index < -0.39 is 12.1 Å². The second-order valence-corrected chi connectivity index (χ2v) is 27.0. The lowest BCUT2D eigenvalue weighted by atomic mass is 10.0. The molecule has 0 aliphatic heterocycles. The molecule has 1 amide bonds. The van der Waals surface area contributed by atoms with Gasteiger partial charge in [-0.25, -0.2) is 0 Å². The third-order valence-corrected chi connectivity index (χ3v) is 18.5. The second-order valence-electron chi connectivity index (χ2n) is 27.0. The number of unbranched alkanes of at least 4 members (excludes halogenated alkanes) is 61. The standard InChI is InChI=1S/C79H153NO5/c1-3-5-7-9-11-13-15-17-19-20-21-35-38-41-44-47-51-55-59-63-67-71-77(82)76(75-81)80-78(83)72-68-64-60-56-52-48-45-42-39-36-33-31-29-27-25-23-22-24-26-28-30-32-34-37-40-43-46-50-54-58-62-66-70-74-85-79(84)73-69-65-61-57-53-49-18-16-14-12-10-8-6-4-2/h26,28,67,71,76-77,81-82H,3-25,27,29-66,68-70,72-75H2,1-2H3,(H,80,83)/b28-26-,71-67+. The van der Waals surface area contributed by atoms with Crippen LogP contribution in [-0.2, 0) is 14.3 Å². The third-order valence-electron chi connectivity index (χ3n) is 18.5. The molecule has 504 valence electrons. The maximum Gasteiger partial charge on any atom is 0.305 e. The molecule has 3 N–H and O–H groups in total. The van der Waals surface area contributed by atoms with E-state index in [-0.39, 0.29) is 18.5 Å². The first-order valence-corrected chi connectivity index (χ1v) is 39.1. The van der Waals surface area contributed by atoms with E-state index >= 15 is 0 Å². The minimum absolute atomic E-state index is 0.0216. The summed E-state index contributed by atoms with van der Waals surface area (Å²) in [6.45, 7) is 4.96. The monoisotopic (exact) mass is 1200 g/mol. The van der Waals surface area contributed by atoms with Crippen LogP contribution in [0.2, 0.25) is 0 Å². The van der Waals surface area contributed by atoms with Crippen molar-refractivity contribution in [3.63, 3.8) is 0 Å². The summed E-state index contributed by atoms with van der Waals surface area (Å²) < 4.78 is 5.50. The zero-order chi connectivity index (χ0) is 61.3. The van der Waals surface area contributed by atoms with E-state index in [0.717, 1.165) is 38.5 Å². The van der Waals surface area contributed by atoms with Gasteiger partial charge in [0.1, 0.15) is 0 Å². The highest BCUT2D eigenvalue weighted by molar-refractivity contribution is 5.76. The van der Waals surface area contributed by atoms with Gasteiger partial charge in [-0.15, -0.1) is 0 Å². The van der Waals surface area contributed by atoms with E-state index in [9.17, 15) is 19.8 Å². The Bertz CT molecular complexity index is 1330. The number of aliphatic hydroxyl groups excluding tert-OH is 2. The van der Waals surface area contributed by atoms with Crippen LogP contribution in [-0.4, -0.2) is 47.4 Å². The van der Waals surface area contributed by atoms with Crippen molar-refractivity contribution in [1.82, 2.24) is 5.32 Å². The molecule has 0 aliphatic rings. The van der Waals surface area contributed by atoms with Gasteiger partial charge < -0.3 is 20.3 Å². The number of amides is 1. The molecule has 0 bridgehead atoms. The summed E-state index contributed by atoms with van der Waals surface area (Å²) in [5.41, 5.74) is 0. The normalized spacial score (nSPS) is 12.6. The maximum atomic E-state index is 12.5. The average molecular weight is 1200 g/mol. The molecule has 0 aromatic heterocycles. The Labute approximate surface area is 532 Å². The fourth-order valence-corrected chi connectivity index (χ4v) is 12.5. The molecule has 0 aromatic carbocycles. The molecule has 2 atom stereocenters. The van der Waals surface area contributed by atoms with Gasteiger partial charge in [-0.2, -0.15) is 0 Å². The van der Waals surface area contributed by atoms with Gasteiger partial charge in [0.2, 0.25) is 5.91 Å². The number of hydrogen-bond acceptors (Lipinski definition) is 5. The summed E-state index contributed by atoms with van der Waals surface area (Å²) in [5.74, 6) is -0.0385. The Morgan fingerprint density at radius 1 is 0.318 bits per heavy atom. The lowest BCUT2D eigenvalue weighted by Gasteiger charge is -2.20. The van der Waals surface area contributed by atoms with E-state index in [0.29, 0.717) is 19.4 Å². The summed E-state index contributed by atoms with van der Waals surface area (Å²) in [5, 5.41) is 23.3. The molecule has 0 rings (SSSR count). The zero-order valence-electron chi connectivity index (χ0n) is 57.9. The highest BCUT2D eigenvalue weighted by atomic mass is 16.5. The minimum atomic E-state index is -0.843. The molecule has 2 unspecified atom stereocenters. The maximum absolute atomic E-state index is 12.5. The fraction of sp³-hybridized carbons (Fsp3) is 0.924. The SMILES string of the molecule is CCCCCCCCCCCCCCCCCCCCC/C=C/C(O)C(CO)NC(=O)CCCCCCCCCCCCCCCCCCC/C=C\CCCCCCCCCCCCCCOC(=O)CCCCCCCCCCCCCCCC. The first kappa shape index (κ1) is 83.3. The molecular weight excluding hydrogens is 1040 g/mol. The quantitative estimate of drug-likeness (QED) is 0.0320. The van der Waals surface area contributed by atoms with Crippen molar-refractivity contribution >= 4 is 11.9 Å². The molecule has 6 nitrogen and oxygen atoms in total. The molecule has 0 aromatic rings. The highest BCUT2D eigenvalue weighted by Gasteiger charge is 2.18. The van der Waals surface area contributed by atoms with Crippen LogP contribution >= 0.6 is 0 Å². The van der Waals surface area contributed by atoms with Crippen LogP contribution in [0.5, 0.6) is 0 Å². The second kappa shape index (κ2) is 74.8. The van der Waals surface area contributed by atoms with Crippen molar-refractivity contribution in [3.8, 4) is 0 Å². The van der Waals surface area contributed by atoms with Gasteiger partial charge in [0.25, 0.3) is 0 Å². The summed E-state index contributed by atoms with van der Waals surface area (Å²) in [6, 6.07) is -0.626. The number of carbonyl (C=O) groups excluding carboxylic acids is 2. The number of nitrogens with one attached hydrogen (secondary N) is 1. The number of esters is 1. The van der Waals surface area contributed by atoms with E-state index in [1.807, 2.05) is 6.08 Å². The Morgan fingerprint density at radius 2 is 0.553 bits per heavy atom. The topological polar surface area (TPSA) is 95.9 Å². The van der Waals surface area contributed by atoms with Crippen LogP contribution in [0.4, 0.5) is 0 Å². The Kier molecular flexibility index (Phi) is 73.3. The van der Waals surface area contributed by atoms with Gasteiger partial charge >= 0.3 is 5.97 Å². The van der Waals surface area contributed by atoms with Crippen molar-refractivity contribution < 1.29 is 24.5 Å². The van der Waals surface area contributed by atoms with Gasteiger partial charge in [0, 0.05) is 12.8 Å². The highest BCUT2D eigenvalue weighted by Crippen LogP contribution is 2.20. The number of aliphatic hydroxyl groups is 2. The lowest BCUT2D eigenvalue weighted by molar-refractivity contribution is -0.143. The number of carbonyl (C=O) groups is 2. The largest absolute Gasteiger partial charge is 0.466 e. The minimum Gasteiger partial charge on any atom is -0.466 e. The Morgan fingerprint density at radius 3 is 0.835 bits per heavy atom. The van der Waals surface area contributed by atoms with Crippen LogP contribution in [0.1, 0.15) is 444 Å². The van der Waals surface area contributed by atoms with Crippen LogP contribution < -0.4 is 5.32 Å². The van der Waals surface area contributed by atoms with Gasteiger partial charge in [-0.1, -0.05) is 398 Å². The number of allylic oxidation sites excluding steroid dienone is 3. The van der Waals surface area contributed by atoms with E-state index in [1.165, 1.54) is 379 Å². The molecule has 0 spiro atoms. The smallest absolute Gasteiger partial charge is 0.305 e. The number of ether oxygens (including phenoxy) is 1. The molecular formula is C79H153NO5. The Balaban J connectivity index is 3.37. The third kappa shape index (κ3) is 71.3. The lowest BCUT2D eigenvalue weighted by Crippen LogP contribution is -2.45. The summed E-state index contributed by atoms with van der Waals surface area (Å²) in [4.78, 5) is 24.6. The van der Waals surface area contributed by atoms with Crippen LogP contribution in [0, 0.1) is 0 Å². The predicted octanol–water partition coefficient (Wildman–Crippen LogP) is 25.7. The van der Waals surface area contributed by atoms with Crippen molar-refractivity contribution in [3.05, 3.63) is 24.3 Å². The molecule has 0 heterocycles.